The molecule has 1 aromatic carbocycles. The fourth-order valence-electron chi connectivity index (χ4n) is 3.50. The second-order valence-corrected chi connectivity index (χ2v) is 6.86. The molecule has 29 heavy (non-hydrogen) atoms. The number of alkyl carbamates (subject to hydrolysis) is 1. The first kappa shape index (κ1) is 18.7. The van der Waals surface area contributed by atoms with Crippen LogP contribution in [0.4, 0.5) is 10.5 Å². The van der Waals surface area contributed by atoms with Crippen LogP contribution in [0.2, 0.25) is 0 Å². The van der Waals surface area contributed by atoms with Crippen molar-refractivity contribution in [2.75, 3.05) is 13.2 Å². The Morgan fingerprint density at radius 3 is 2.93 bits per heavy atom. The molecule has 0 bridgehead atoms. The number of aromatic nitrogens is 1. The summed E-state index contributed by atoms with van der Waals surface area (Å²) in [7, 11) is 0. The number of hydrogen-bond donors (Lipinski definition) is 1. The van der Waals surface area contributed by atoms with Crippen LogP contribution in [0.5, 0.6) is 5.88 Å². The summed E-state index contributed by atoms with van der Waals surface area (Å²) in [5, 5.41) is 13.7. The number of amides is 2. The fraction of sp³-hybridized carbons (Fsp3) is 0.316. The lowest BCUT2D eigenvalue weighted by molar-refractivity contribution is -0.385. The normalized spacial score (nSPS) is 20.1. The van der Waals surface area contributed by atoms with E-state index in [9.17, 15) is 19.7 Å². The first-order valence-electron chi connectivity index (χ1n) is 9.06. The van der Waals surface area contributed by atoms with Gasteiger partial charge in [0.1, 0.15) is 25.0 Å². The number of pyridine rings is 1. The number of carbonyl (C=O) groups excluding carboxylic acids is 2. The summed E-state index contributed by atoms with van der Waals surface area (Å²) >= 11 is 0. The number of fused-ring (bicyclic) bond motifs is 2. The summed E-state index contributed by atoms with van der Waals surface area (Å²) < 4.78 is 10.8. The zero-order valence-corrected chi connectivity index (χ0v) is 15.3. The van der Waals surface area contributed by atoms with Crippen LogP contribution in [-0.2, 0) is 11.3 Å². The highest BCUT2D eigenvalue weighted by Gasteiger charge is 2.40. The molecule has 4 rings (SSSR count). The highest BCUT2D eigenvalue weighted by Crippen LogP contribution is 2.30. The Labute approximate surface area is 165 Å². The predicted octanol–water partition coefficient (Wildman–Crippen LogP) is 1.89. The number of hydrogen-bond acceptors (Lipinski definition) is 7. The average molecular weight is 398 g/mol. The van der Waals surface area contributed by atoms with Gasteiger partial charge in [-0.3, -0.25) is 14.9 Å². The number of nitro groups is 1. The van der Waals surface area contributed by atoms with Gasteiger partial charge in [-0.05, 0) is 12.0 Å². The Kier molecular flexibility index (Phi) is 4.98. The van der Waals surface area contributed by atoms with Crippen LogP contribution in [0.3, 0.4) is 0 Å². The van der Waals surface area contributed by atoms with Gasteiger partial charge in [0.25, 0.3) is 11.6 Å². The lowest BCUT2D eigenvalue weighted by Crippen LogP contribution is -2.39. The number of rotatable bonds is 4. The van der Waals surface area contributed by atoms with E-state index in [4.69, 9.17) is 9.47 Å². The molecule has 0 aliphatic carbocycles. The summed E-state index contributed by atoms with van der Waals surface area (Å²) in [6, 6.07) is 9.90. The third-order valence-electron chi connectivity index (χ3n) is 4.90. The van der Waals surface area contributed by atoms with Crippen LogP contribution < -0.4 is 10.1 Å². The van der Waals surface area contributed by atoms with E-state index in [1.807, 2.05) is 30.3 Å². The molecule has 10 heteroatoms. The number of nitrogens with zero attached hydrogens (tertiary/aromatic N) is 3. The van der Waals surface area contributed by atoms with E-state index in [-0.39, 0.29) is 49.0 Å². The zero-order valence-electron chi connectivity index (χ0n) is 15.3. The Morgan fingerprint density at radius 1 is 1.38 bits per heavy atom. The summed E-state index contributed by atoms with van der Waals surface area (Å²) in [5.41, 5.74) is 0.642. The molecule has 0 radical (unpaired) electrons. The van der Waals surface area contributed by atoms with E-state index >= 15 is 0 Å². The van der Waals surface area contributed by atoms with Crippen LogP contribution in [0.15, 0.2) is 42.6 Å². The Hall–Kier alpha value is -3.69. The molecule has 0 saturated carbocycles. The molecule has 2 atom stereocenters. The van der Waals surface area contributed by atoms with Crippen molar-refractivity contribution >= 4 is 17.7 Å². The number of carbonyl (C=O) groups is 2. The SMILES string of the molecule is O=C(N[C@@H]1C[C@@H]2COc3ncc([N+](=O)[O-])cc3C(=O)N2C1)OCc1ccccc1. The molecule has 2 aliphatic rings. The van der Waals surface area contributed by atoms with E-state index in [1.54, 1.807) is 4.90 Å². The maximum atomic E-state index is 12.9. The Balaban J connectivity index is 1.39. The fourth-order valence-corrected chi connectivity index (χ4v) is 3.50. The minimum absolute atomic E-state index is 0.0500. The number of benzene rings is 1. The molecule has 1 saturated heterocycles. The standard InChI is InChI=1S/C19H18N4O6/c24-18-16-7-14(23(26)27)8-20-17(16)28-11-15-6-13(9-22(15)18)21-19(25)29-10-12-4-2-1-3-5-12/h1-5,7-8,13,15H,6,9-11H2,(H,21,25)/t13-,15-/m1/s1. The maximum Gasteiger partial charge on any atom is 0.407 e. The van der Waals surface area contributed by atoms with E-state index in [0.717, 1.165) is 11.8 Å². The van der Waals surface area contributed by atoms with Gasteiger partial charge in [-0.25, -0.2) is 9.78 Å². The molecule has 1 N–H and O–H groups in total. The molecule has 2 aliphatic heterocycles. The van der Waals surface area contributed by atoms with Crippen molar-refractivity contribution in [2.24, 2.45) is 0 Å². The minimum Gasteiger partial charge on any atom is -0.475 e. The smallest absolute Gasteiger partial charge is 0.407 e. The Morgan fingerprint density at radius 2 is 2.17 bits per heavy atom. The molecule has 3 heterocycles. The second kappa shape index (κ2) is 7.74. The van der Waals surface area contributed by atoms with Gasteiger partial charge in [0, 0.05) is 12.6 Å². The van der Waals surface area contributed by atoms with Crippen LogP contribution in [0, 0.1) is 10.1 Å². The molecule has 2 amide bonds. The lowest BCUT2D eigenvalue weighted by Gasteiger charge is -2.20. The minimum atomic E-state index is -0.611. The number of ether oxygens (including phenoxy) is 2. The van der Waals surface area contributed by atoms with Crippen molar-refractivity contribution < 1.29 is 24.0 Å². The van der Waals surface area contributed by atoms with Crippen LogP contribution in [-0.4, -0.2) is 52.0 Å². The molecule has 1 aromatic heterocycles. The maximum absolute atomic E-state index is 12.9. The van der Waals surface area contributed by atoms with E-state index in [2.05, 4.69) is 10.3 Å². The third kappa shape index (κ3) is 3.96. The van der Waals surface area contributed by atoms with Gasteiger partial charge in [-0.1, -0.05) is 30.3 Å². The second-order valence-electron chi connectivity index (χ2n) is 6.86. The first-order chi connectivity index (χ1) is 14.0. The summed E-state index contributed by atoms with van der Waals surface area (Å²) in [6.45, 7) is 0.605. The van der Waals surface area contributed by atoms with E-state index in [1.165, 1.54) is 6.07 Å². The van der Waals surface area contributed by atoms with Gasteiger partial charge in [0.15, 0.2) is 0 Å². The largest absolute Gasteiger partial charge is 0.475 e. The molecule has 2 aromatic rings. The highest BCUT2D eigenvalue weighted by molar-refractivity contribution is 5.97. The van der Waals surface area contributed by atoms with Gasteiger partial charge in [0.05, 0.1) is 17.0 Å². The highest BCUT2D eigenvalue weighted by atomic mass is 16.6. The zero-order chi connectivity index (χ0) is 20.4. The molecular formula is C19H18N4O6. The van der Waals surface area contributed by atoms with Gasteiger partial charge < -0.3 is 19.7 Å². The van der Waals surface area contributed by atoms with Crippen molar-refractivity contribution in [2.45, 2.75) is 25.1 Å². The first-order valence-corrected chi connectivity index (χ1v) is 9.06. The average Bonchev–Trinajstić information content (AvgIpc) is 3.08. The molecule has 1 fully saturated rings. The summed E-state index contributed by atoms with van der Waals surface area (Å²) in [6.07, 6.45) is 0.986. The summed E-state index contributed by atoms with van der Waals surface area (Å²) in [5.74, 6) is -0.317. The summed E-state index contributed by atoms with van der Waals surface area (Å²) in [4.78, 5) is 40.8. The van der Waals surface area contributed by atoms with Crippen molar-refractivity contribution in [3.05, 3.63) is 63.8 Å². The van der Waals surface area contributed by atoms with Crippen molar-refractivity contribution in [1.82, 2.24) is 15.2 Å². The Bertz CT molecular complexity index is 951. The third-order valence-corrected chi connectivity index (χ3v) is 4.90. The van der Waals surface area contributed by atoms with Gasteiger partial charge >= 0.3 is 6.09 Å². The van der Waals surface area contributed by atoms with E-state index < -0.39 is 16.9 Å². The molecule has 10 nitrogen and oxygen atoms in total. The topological polar surface area (TPSA) is 124 Å². The van der Waals surface area contributed by atoms with Crippen molar-refractivity contribution in [3.8, 4) is 5.88 Å². The monoisotopic (exact) mass is 398 g/mol. The van der Waals surface area contributed by atoms with Crippen LogP contribution in [0.25, 0.3) is 0 Å². The molecule has 0 spiro atoms. The van der Waals surface area contributed by atoms with Crippen molar-refractivity contribution in [1.29, 1.82) is 0 Å². The van der Waals surface area contributed by atoms with Crippen molar-refractivity contribution in [3.63, 3.8) is 0 Å². The van der Waals surface area contributed by atoms with E-state index in [0.29, 0.717) is 6.42 Å². The van der Waals surface area contributed by atoms with Gasteiger partial charge in [0.2, 0.25) is 5.88 Å². The predicted molar refractivity (Wildman–Crippen MR) is 99.4 cm³/mol. The molecule has 150 valence electrons. The quantitative estimate of drug-likeness (QED) is 0.616. The number of nitrogens with one attached hydrogen (secondary N) is 1. The van der Waals surface area contributed by atoms with Crippen LogP contribution >= 0.6 is 0 Å². The van der Waals surface area contributed by atoms with Gasteiger partial charge in [-0.15, -0.1) is 0 Å². The van der Waals surface area contributed by atoms with Crippen LogP contribution in [0.1, 0.15) is 22.3 Å². The molecular weight excluding hydrogens is 380 g/mol. The van der Waals surface area contributed by atoms with Gasteiger partial charge in [-0.2, -0.15) is 0 Å². The lowest BCUT2D eigenvalue weighted by atomic mass is 10.2. The molecule has 0 unspecified atom stereocenters.